The fourth-order valence-corrected chi connectivity index (χ4v) is 3.77. The minimum atomic E-state index is -1.04. The number of hydrogen-bond donors (Lipinski definition) is 5. The lowest BCUT2D eigenvalue weighted by Crippen LogP contribution is -2.46. The Morgan fingerprint density at radius 1 is 1.24 bits per heavy atom. The van der Waals surface area contributed by atoms with Crippen LogP contribution >= 0.6 is 0 Å². The van der Waals surface area contributed by atoms with Crippen molar-refractivity contribution in [1.29, 1.82) is 0 Å². The summed E-state index contributed by atoms with van der Waals surface area (Å²) in [4.78, 5) is 53.2. The number of rotatable bonds is 10. The van der Waals surface area contributed by atoms with E-state index in [0.717, 1.165) is 0 Å². The highest BCUT2D eigenvalue weighted by atomic mass is 16.4. The fourth-order valence-electron chi connectivity index (χ4n) is 3.77. The molecule has 1 aliphatic heterocycles. The lowest BCUT2D eigenvalue weighted by atomic mass is 10.0. The third-order valence-corrected chi connectivity index (χ3v) is 5.45. The second kappa shape index (κ2) is 10.7. The van der Waals surface area contributed by atoms with Crippen LogP contribution in [0.2, 0.25) is 0 Å². The van der Waals surface area contributed by atoms with Crippen molar-refractivity contribution in [3.05, 3.63) is 29.3 Å². The molecule has 0 bridgehead atoms. The molecular formula is C20H28N8O5. The number of amides is 3. The van der Waals surface area contributed by atoms with Crippen LogP contribution in [0, 0.1) is 5.92 Å². The van der Waals surface area contributed by atoms with Gasteiger partial charge in [0, 0.05) is 18.7 Å². The number of nitrogens with one attached hydrogen (secondary N) is 4. The summed E-state index contributed by atoms with van der Waals surface area (Å²) in [5.41, 5.74) is 0.947. The first-order valence-corrected chi connectivity index (χ1v) is 10.8. The van der Waals surface area contributed by atoms with E-state index in [1.807, 2.05) is 13.8 Å². The van der Waals surface area contributed by atoms with Gasteiger partial charge in [-0.1, -0.05) is 19.1 Å². The second-order valence-electron chi connectivity index (χ2n) is 8.21. The molecule has 0 aromatic carbocycles. The van der Waals surface area contributed by atoms with E-state index in [1.165, 1.54) is 4.90 Å². The molecule has 0 spiro atoms. The van der Waals surface area contributed by atoms with Crippen molar-refractivity contribution in [2.45, 2.75) is 58.2 Å². The monoisotopic (exact) mass is 460 g/mol. The first-order chi connectivity index (χ1) is 15.8. The van der Waals surface area contributed by atoms with Crippen molar-refractivity contribution in [3.8, 4) is 0 Å². The predicted molar refractivity (Wildman–Crippen MR) is 113 cm³/mol. The molecule has 0 aliphatic carbocycles. The first kappa shape index (κ1) is 23.9. The maximum atomic E-state index is 13.1. The van der Waals surface area contributed by atoms with Crippen molar-refractivity contribution < 1.29 is 24.3 Å². The number of hydrogen-bond acceptors (Lipinski definition) is 7. The van der Waals surface area contributed by atoms with Crippen molar-refractivity contribution in [2.24, 2.45) is 5.92 Å². The minimum absolute atomic E-state index is 0.00386. The Balaban J connectivity index is 1.64. The lowest BCUT2D eigenvalue weighted by Gasteiger charge is -2.24. The number of tetrazole rings is 1. The molecule has 0 radical (unpaired) electrons. The van der Waals surface area contributed by atoms with Crippen molar-refractivity contribution in [2.75, 3.05) is 6.54 Å². The standard InChI is InChI=1S/C20H28N8O5/c1-11(2)18(23-16(29)7-8-17(30)31)12-5-6-13(22-12)20(33)28-9-3-4-14(28)19(32)21-10-15-24-26-27-25-15/h5-6,11,14,18,22H,3-4,7-10H2,1-2H3,(H,21,32)(H,23,29)(H,30,31)(H,24,25,26,27)/t14-,18?/m0/s1. The highest BCUT2D eigenvalue weighted by molar-refractivity contribution is 5.96. The average Bonchev–Trinajstić information content (AvgIpc) is 3.54. The Morgan fingerprint density at radius 3 is 2.70 bits per heavy atom. The number of nitrogens with zero attached hydrogens (tertiary/aromatic N) is 4. The number of carbonyl (C=O) groups excluding carboxylic acids is 3. The van der Waals surface area contributed by atoms with Gasteiger partial charge >= 0.3 is 5.97 Å². The fraction of sp³-hybridized carbons (Fsp3) is 0.550. The number of aromatic nitrogens is 5. The molecular weight excluding hydrogens is 432 g/mol. The van der Waals surface area contributed by atoms with Gasteiger partial charge in [-0.25, -0.2) is 0 Å². The van der Waals surface area contributed by atoms with Gasteiger partial charge in [-0.15, -0.1) is 10.2 Å². The van der Waals surface area contributed by atoms with Gasteiger partial charge in [-0.3, -0.25) is 19.2 Å². The van der Waals surface area contributed by atoms with E-state index in [9.17, 15) is 19.2 Å². The lowest BCUT2D eigenvalue weighted by molar-refractivity contribution is -0.139. The normalized spacial score (nSPS) is 16.6. The first-order valence-electron chi connectivity index (χ1n) is 10.8. The molecule has 178 valence electrons. The van der Waals surface area contributed by atoms with Gasteiger partial charge in [0.15, 0.2) is 5.82 Å². The van der Waals surface area contributed by atoms with Crippen molar-refractivity contribution in [3.63, 3.8) is 0 Å². The van der Waals surface area contributed by atoms with Crippen LogP contribution in [-0.4, -0.2) is 71.9 Å². The van der Waals surface area contributed by atoms with E-state index in [2.05, 4.69) is 36.2 Å². The highest BCUT2D eigenvalue weighted by Gasteiger charge is 2.35. The van der Waals surface area contributed by atoms with Crippen LogP contribution in [0.15, 0.2) is 12.1 Å². The van der Waals surface area contributed by atoms with Gasteiger partial charge in [-0.2, -0.15) is 5.21 Å². The summed E-state index contributed by atoms with van der Waals surface area (Å²) >= 11 is 0. The summed E-state index contributed by atoms with van der Waals surface area (Å²) in [6.45, 7) is 4.38. The summed E-state index contributed by atoms with van der Waals surface area (Å²) in [5.74, 6) is -1.67. The molecule has 33 heavy (non-hydrogen) atoms. The van der Waals surface area contributed by atoms with Crippen LogP contribution < -0.4 is 10.6 Å². The number of carboxylic acid groups (broad SMARTS) is 1. The van der Waals surface area contributed by atoms with E-state index >= 15 is 0 Å². The van der Waals surface area contributed by atoms with Crippen LogP contribution in [0.3, 0.4) is 0 Å². The summed E-state index contributed by atoms with van der Waals surface area (Å²) in [6, 6.07) is 2.33. The number of carbonyl (C=O) groups is 4. The van der Waals surface area contributed by atoms with Crippen LogP contribution in [0.5, 0.6) is 0 Å². The molecule has 2 atom stereocenters. The molecule has 13 nitrogen and oxygen atoms in total. The van der Waals surface area contributed by atoms with Gasteiger partial charge in [0.25, 0.3) is 5.91 Å². The van der Waals surface area contributed by atoms with Crippen molar-refractivity contribution in [1.82, 2.24) is 41.1 Å². The Morgan fingerprint density at radius 2 is 2.03 bits per heavy atom. The zero-order chi connectivity index (χ0) is 24.0. The number of carboxylic acids is 1. The predicted octanol–water partition coefficient (Wildman–Crippen LogP) is 0.127. The molecule has 5 N–H and O–H groups in total. The summed E-state index contributed by atoms with van der Waals surface area (Å²) in [6.07, 6.45) is 0.870. The Hall–Kier alpha value is -3.77. The quantitative estimate of drug-likeness (QED) is 0.331. The molecule has 1 aliphatic rings. The molecule has 1 fully saturated rings. The molecule has 1 unspecified atom stereocenters. The topological polar surface area (TPSA) is 186 Å². The van der Waals surface area contributed by atoms with Gasteiger partial charge in [0.2, 0.25) is 11.8 Å². The van der Waals surface area contributed by atoms with Gasteiger partial charge in [-0.05, 0) is 30.9 Å². The SMILES string of the molecule is CC(C)C(NC(=O)CCC(=O)O)c1ccc(C(=O)N2CCC[C@H]2C(=O)NCc2nn[nH]n2)[nH]1. The smallest absolute Gasteiger partial charge is 0.303 e. The van der Waals surface area contributed by atoms with Crippen LogP contribution in [0.4, 0.5) is 0 Å². The van der Waals surface area contributed by atoms with Crippen molar-refractivity contribution >= 4 is 23.7 Å². The Bertz CT molecular complexity index is 987. The largest absolute Gasteiger partial charge is 0.481 e. The van der Waals surface area contributed by atoms with Gasteiger partial charge < -0.3 is 25.6 Å². The number of aromatic amines is 2. The molecule has 3 rings (SSSR count). The summed E-state index contributed by atoms with van der Waals surface area (Å²) in [7, 11) is 0. The zero-order valence-electron chi connectivity index (χ0n) is 18.5. The maximum absolute atomic E-state index is 13.1. The number of likely N-dealkylation sites (tertiary alicyclic amines) is 1. The van der Waals surface area contributed by atoms with Crippen LogP contribution in [0.1, 0.15) is 67.6 Å². The molecule has 1 saturated heterocycles. The maximum Gasteiger partial charge on any atom is 0.303 e. The van der Waals surface area contributed by atoms with Gasteiger partial charge in [0.1, 0.15) is 11.7 Å². The summed E-state index contributed by atoms with van der Waals surface area (Å²) in [5, 5.41) is 27.6. The van der Waals surface area contributed by atoms with E-state index in [1.54, 1.807) is 12.1 Å². The molecule has 2 aromatic rings. The molecule has 2 aromatic heterocycles. The second-order valence-corrected chi connectivity index (χ2v) is 8.21. The number of aliphatic carboxylic acids is 1. The zero-order valence-corrected chi connectivity index (χ0v) is 18.5. The highest BCUT2D eigenvalue weighted by Crippen LogP contribution is 2.24. The average molecular weight is 460 g/mol. The molecule has 3 heterocycles. The third-order valence-electron chi connectivity index (χ3n) is 5.45. The van der Waals surface area contributed by atoms with E-state index in [0.29, 0.717) is 36.6 Å². The Kier molecular flexibility index (Phi) is 7.74. The van der Waals surface area contributed by atoms with E-state index in [4.69, 9.17) is 5.11 Å². The number of H-pyrrole nitrogens is 2. The van der Waals surface area contributed by atoms with Gasteiger partial charge in [0.05, 0.1) is 19.0 Å². The molecule has 13 heteroatoms. The van der Waals surface area contributed by atoms with Crippen LogP contribution in [-0.2, 0) is 20.9 Å². The van der Waals surface area contributed by atoms with E-state index in [-0.39, 0.29) is 43.0 Å². The third kappa shape index (κ3) is 6.14. The summed E-state index contributed by atoms with van der Waals surface area (Å²) < 4.78 is 0. The van der Waals surface area contributed by atoms with Crippen LogP contribution in [0.25, 0.3) is 0 Å². The van der Waals surface area contributed by atoms with E-state index < -0.39 is 18.1 Å². The molecule has 3 amide bonds. The molecule has 0 saturated carbocycles. The Labute approximate surface area is 189 Å². The minimum Gasteiger partial charge on any atom is -0.481 e.